The third kappa shape index (κ3) is 3.57. The summed E-state index contributed by atoms with van der Waals surface area (Å²) < 4.78 is 11.1. The molecular weight excluding hydrogens is 230 g/mol. The molecule has 1 aromatic rings. The first-order valence-corrected chi connectivity index (χ1v) is 6.42. The van der Waals surface area contributed by atoms with E-state index in [2.05, 4.69) is 23.8 Å². The highest BCUT2D eigenvalue weighted by Gasteiger charge is 2.22. The monoisotopic (exact) mass is 253 g/mol. The summed E-state index contributed by atoms with van der Waals surface area (Å²) in [5.41, 5.74) is 6.70. The third-order valence-electron chi connectivity index (χ3n) is 3.18. The zero-order valence-corrected chi connectivity index (χ0v) is 11.7. The maximum absolute atomic E-state index is 6.19. The molecule has 102 valence electrons. The number of aromatic nitrogens is 2. The molecule has 0 fully saturated rings. The maximum atomic E-state index is 6.19. The van der Waals surface area contributed by atoms with Crippen LogP contribution in [0, 0.1) is 6.92 Å². The number of ether oxygens (including phenoxy) is 2. The van der Waals surface area contributed by atoms with Gasteiger partial charge in [-0.3, -0.25) is 0 Å². The van der Waals surface area contributed by atoms with Gasteiger partial charge in [-0.25, -0.2) is 9.97 Å². The predicted octanol–water partition coefficient (Wildman–Crippen LogP) is 2.08. The molecule has 0 unspecified atom stereocenters. The first-order valence-electron chi connectivity index (χ1n) is 6.42. The van der Waals surface area contributed by atoms with Crippen LogP contribution in [0.15, 0.2) is 6.33 Å². The van der Waals surface area contributed by atoms with Crippen LogP contribution in [0.5, 0.6) is 11.8 Å². The van der Waals surface area contributed by atoms with E-state index in [4.69, 9.17) is 15.2 Å². The van der Waals surface area contributed by atoms with Crippen molar-refractivity contribution in [2.75, 3.05) is 13.2 Å². The molecule has 0 radical (unpaired) electrons. The first-order chi connectivity index (χ1) is 8.56. The van der Waals surface area contributed by atoms with Gasteiger partial charge in [0.25, 0.3) is 0 Å². The summed E-state index contributed by atoms with van der Waals surface area (Å²) in [5, 5.41) is 0. The lowest BCUT2D eigenvalue weighted by Gasteiger charge is -2.26. The van der Waals surface area contributed by atoms with E-state index >= 15 is 0 Å². The summed E-state index contributed by atoms with van der Waals surface area (Å²) in [7, 11) is 0. The van der Waals surface area contributed by atoms with Crippen LogP contribution in [0.3, 0.4) is 0 Å². The van der Waals surface area contributed by atoms with E-state index in [1.165, 1.54) is 6.33 Å². The Morgan fingerprint density at radius 2 is 1.67 bits per heavy atom. The van der Waals surface area contributed by atoms with E-state index in [0.29, 0.717) is 25.0 Å². The molecule has 0 atom stereocenters. The van der Waals surface area contributed by atoms with E-state index in [0.717, 1.165) is 18.4 Å². The molecule has 0 aliphatic carbocycles. The normalized spacial score (nSPS) is 11.4. The fourth-order valence-corrected chi connectivity index (χ4v) is 1.51. The van der Waals surface area contributed by atoms with E-state index < -0.39 is 0 Å². The molecule has 5 heteroatoms. The van der Waals surface area contributed by atoms with Gasteiger partial charge < -0.3 is 15.2 Å². The Hall–Kier alpha value is -1.36. The lowest BCUT2D eigenvalue weighted by Crippen LogP contribution is -2.44. The first kappa shape index (κ1) is 14.7. The van der Waals surface area contributed by atoms with Crippen LogP contribution < -0.4 is 15.2 Å². The molecule has 0 saturated carbocycles. The Labute approximate surface area is 109 Å². The second kappa shape index (κ2) is 6.54. The van der Waals surface area contributed by atoms with Gasteiger partial charge in [0.1, 0.15) is 12.9 Å². The smallest absolute Gasteiger partial charge is 0.223 e. The largest absolute Gasteiger partial charge is 0.478 e. The quantitative estimate of drug-likeness (QED) is 0.805. The van der Waals surface area contributed by atoms with Gasteiger partial charge in [0.15, 0.2) is 0 Å². The minimum atomic E-state index is -0.302. The van der Waals surface area contributed by atoms with Crippen molar-refractivity contribution in [1.29, 1.82) is 0 Å². The number of nitrogens with zero attached hydrogens (tertiary/aromatic N) is 2. The topological polar surface area (TPSA) is 70.3 Å². The number of hydrogen-bond acceptors (Lipinski definition) is 5. The molecular formula is C13H23N3O2. The van der Waals surface area contributed by atoms with E-state index in [9.17, 15) is 0 Å². The lowest BCUT2D eigenvalue weighted by molar-refractivity contribution is 0.197. The van der Waals surface area contributed by atoms with Gasteiger partial charge in [-0.1, -0.05) is 13.8 Å². The molecule has 0 amide bonds. The minimum absolute atomic E-state index is 0.302. The van der Waals surface area contributed by atoms with E-state index in [-0.39, 0.29) is 5.54 Å². The number of rotatable bonds is 7. The Bertz CT molecular complexity index is 378. The fourth-order valence-electron chi connectivity index (χ4n) is 1.51. The number of nitrogens with two attached hydrogens (primary N) is 1. The highest BCUT2D eigenvalue weighted by molar-refractivity contribution is 5.32. The van der Waals surface area contributed by atoms with Crippen LogP contribution in [0.25, 0.3) is 0 Å². The molecule has 0 bridgehead atoms. The summed E-state index contributed by atoms with van der Waals surface area (Å²) in [4.78, 5) is 8.19. The highest BCUT2D eigenvalue weighted by atomic mass is 16.5. The van der Waals surface area contributed by atoms with Crippen molar-refractivity contribution >= 4 is 0 Å². The van der Waals surface area contributed by atoms with Crippen LogP contribution in [-0.4, -0.2) is 28.7 Å². The summed E-state index contributed by atoms with van der Waals surface area (Å²) in [6.07, 6.45) is 3.18. The van der Waals surface area contributed by atoms with Gasteiger partial charge in [0.05, 0.1) is 12.2 Å². The number of hydrogen-bond donors (Lipinski definition) is 1. The van der Waals surface area contributed by atoms with Crippen LogP contribution in [0.1, 0.15) is 39.2 Å². The lowest BCUT2D eigenvalue weighted by atomic mass is 9.96. The van der Waals surface area contributed by atoms with Gasteiger partial charge in [0.2, 0.25) is 11.8 Å². The third-order valence-corrected chi connectivity index (χ3v) is 3.18. The Kier molecular flexibility index (Phi) is 5.34. The second-order valence-electron chi connectivity index (χ2n) is 4.40. The summed E-state index contributed by atoms with van der Waals surface area (Å²) in [5.74, 6) is 1.11. The molecule has 18 heavy (non-hydrogen) atoms. The fraction of sp³-hybridized carbons (Fsp3) is 0.692. The average Bonchev–Trinajstić information content (AvgIpc) is 2.39. The molecule has 1 aromatic heterocycles. The summed E-state index contributed by atoms with van der Waals surface area (Å²) >= 11 is 0. The van der Waals surface area contributed by atoms with Crippen LogP contribution in [0.4, 0.5) is 0 Å². The van der Waals surface area contributed by atoms with Gasteiger partial charge in [0, 0.05) is 5.54 Å². The molecule has 1 heterocycles. The molecule has 0 aliphatic heterocycles. The predicted molar refractivity (Wildman–Crippen MR) is 70.9 cm³/mol. The van der Waals surface area contributed by atoms with Gasteiger partial charge in [-0.15, -0.1) is 0 Å². The van der Waals surface area contributed by atoms with Crippen molar-refractivity contribution in [1.82, 2.24) is 9.97 Å². The molecule has 1 rings (SSSR count). The van der Waals surface area contributed by atoms with Crippen molar-refractivity contribution in [3.8, 4) is 11.8 Å². The highest BCUT2D eigenvalue weighted by Crippen LogP contribution is 2.23. The maximum Gasteiger partial charge on any atom is 0.223 e. The average molecular weight is 253 g/mol. The molecule has 0 spiro atoms. The van der Waals surface area contributed by atoms with E-state index in [1.807, 2.05) is 13.8 Å². The van der Waals surface area contributed by atoms with Crippen molar-refractivity contribution in [3.63, 3.8) is 0 Å². The second-order valence-corrected chi connectivity index (χ2v) is 4.40. The van der Waals surface area contributed by atoms with Gasteiger partial charge >= 0.3 is 0 Å². The van der Waals surface area contributed by atoms with Crippen LogP contribution in [-0.2, 0) is 0 Å². The van der Waals surface area contributed by atoms with Crippen molar-refractivity contribution in [2.24, 2.45) is 5.73 Å². The van der Waals surface area contributed by atoms with Gasteiger partial charge in [-0.05, 0) is 26.7 Å². The minimum Gasteiger partial charge on any atom is -0.478 e. The summed E-state index contributed by atoms with van der Waals surface area (Å²) in [6, 6.07) is 0. The van der Waals surface area contributed by atoms with Crippen LogP contribution in [0.2, 0.25) is 0 Å². The zero-order valence-electron chi connectivity index (χ0n) is 11.7. The molecule has 0 saturated heterocycles. The van der Waals surface area contributed by atoms with Crippen molar-refractivity contribution < 1.29 is 9.47 Å². The van der Waals surface area contributed by atoms with Crippen molar-refractivity contribution in [3.05, 3.63) is 11.9 Å². The summed E-state index contributed by atoms with van der Waals surface area (Å²) in [6.45, 7) is 8.94. The van der Waals surface area contributed by atoms with E-state index in [1.54, 1.807) is 0 Å². The molecule has 2 N–H and O–H groups in total. The Morgan fingerprint density at radius 1 is 1.11 bits per heavy atom. The molecule has 5 nitrogen and oxygen atoms in total. The Morgan fingerprint density at radius 3 is 2.17 bits per heavy atom. The Balaban J connectivity index is 2.76. The SMILES string of the molecule is CCOc1ncnc(OCC(N)(CC)CC)c1C. The standard InChI is InChI=1S/C13H23N3O2/c1-5-13(14,6-2)8-18-12-10(4)11(17-7-3)15-9-16-12/h9H,5-8,14H2,1-4H3. The van der Waals surface area contributed by atoms with Gasteiger partial charge in [-0.2, -0.15) is 0 Å². The zero-order chi connectivity index (χ0) is 13.6. The van der Waals surface area contributed by atoms with Crippen molar-refractivity contribution in [2.45, 2.75) is 46.1 Å². The molecule has 0 aromatic carbocycles. The van der Waals surface area contributed by atoms with Crippen LogP contribution >= 0.6 is 0 Å². The molecule has 0 aliphatic rings.